The Bertz CT molecular complexity index is 430. The van der Waals surface area contributed by atoms with Crippen LogP contribution in [-0.4, -0.2) is 24.1 Å². The van der Waals surface area contributed by atoms with Gasteiger partial charge in [-0.2, -0.15) is 0 Å². The van der Waals surface area contributed by atoms with E-state index >= 15 is 0 Å². The number of piperidine rings is 1. The number of hydrogen-bond acceptors (Lipinski definition) is 3. The van der Waals surface area contributed by atoms with Gasteiger partial charge in [0, 0.05) is 35.5 Å². The van der Waals surface area contributed by atoms with Gasteiger partial charge in [0.05, 0.1) is 0 Å². The van der Waals surface area contributed by atoms with Crippen molar-refractivity contribution in [3.63, 3.8) is 0 Å². The summed E-state index contributed by atoms with van der Waals surface area (Å²) in [6, 6.07) is 9.62. The monoisotopic (exact) mass is 247 g/mol. The highest BCUT2D eigenvalue weighted by atomic mass is 32.2. The average molecular weight is 247 g/mol. The fourth-order valence-electron chi connectivity index (χ4n) is 3.16. The molecule has 2 unspecified atom stereocenters. The van der Waals surface area contributed by atoms with Crippen LogP contribution in [0.25, 0.3) is 0 Å². The minimum absolute atomic E-state index is 0.453. The summed E-state index contributed by atoms with van der Waals surface area (Å²) < 4.78 is 0. The van der Waals surface area contributed by atoms with Crippen molar-refractivity contribution in [1.29, 1.82) is 0 Å². The first-order chi connectivity index (χ1) is 8.28. The molecule has 17 heavy (non-hydrogen) atoms. The molecule has 0 saturated carbocycles. The second-order valence-electron chi connectivity index (χ2n) is 4.94. The summed E-state index contributed by atoms with van der Waals surface area (Å²) in [6.07, 6.45) is 5.97. The molecule has 2 aliphatic heterocycles. The SMILES string of the molecule is CSc1cccc(N2C3CCC2CC(=O)C3)c1. The first-order valence-corrected chi connectivity index (χ1v) is 7.44. The lowest BCUT2D eigenvalue weighted by Crippen LogP contribution is -2.43. The van der Waals surface area contributed by atoms with Crippen molar-refractivity contribution in [3.8, 4) is 0 Å². The van der Waals surface area contributed by atoms with Crippen LogP contribution in [0.1, 0.15) is 25.7 Å². The van der Waals surface area contributed by atoms with E-state index in [2.05, 4.69) is 35.4 Å². The molecule has 2 atom stereocenters. The molecule has 3 rings (SSSR count). The second-order valence-corrected chi connectivity index (χ2v) is 5.82. The van der Waals surface area contributed by atoms with Crippen molar-refractivity contribution in [2.45, 2.75) is 42.7 Å². The van der Waals surface area contributed by atoms with Crippen molar-refractivity contribution in [1.82, 2.24) is 0 Å². The Balaban J connectivity index is 1.91. The van der Waals surface area contributed by atoms with Gasteiger partial charge in [-0.15, -0.1) is 11.8 Å². The van der Waals surface area contributed by atoms with Crippen molar-refractivity contribution in [2.75, 3.05) is 11.2 Å². The van der Waals surface area contributed by atoms with Crippen LogP contribution < -0.4 is 4.90 Å². The topological polar surface area (TPSA) is 20.3 Å². The molecule has 0 spiro atoms. The van der Waals surface area contributed by atoms with Crippen LogP contribution >= 0.6 is 11.8 Å². The number of anilines is 1. The molecule has 1 aromatic carbocycles. The molecule has 2 aliphatic rings. The Kier molecular flexibility index (Phi) is 2.87. The molecule has 0 radical (unpaired) electrons. The highest BCUT2D eigenvalue weighted by Crippen LogP contribution is 2.38. The van der Waals surface area contributed by atoms with Gasteiger partial charge in [0.25, 0.3) is 0 Å². The fourth-order valence-corrected chi connectivity index (χ4v) is 3.62. The van der Waals surface area contributed by atoms with Crippen LogP contribution in [0.5, 0.6) is 0 Å². The van der Waals surface area contributed by atoms with Gasteiger partial charge in [0.2, 0.25) is 0 Å². The fraction of sp³-hybridized carbons (Fsp3) is 0.500. The molecule has 2 bridgehead atoms. The Hall–Kier alpha value is -0.960. The van der Waals surface area contributed by atoms with E-state index in [1.807, 2.05) is 0 Å². The molecule has 0 amide bonds. The lowest BCUT2D eigenvalue weighted by molar-refractivity contribution is -0.120. The summed E-state index contributed by atoms with van der Waals surface area (Å²) in [5.74, 6) is 0.453. The summed E-state index contributed by atoms with van der Waals surface area (Å²) in [6.45, 7) is 0. The average Bonchev–Trinajstić information content (AvgIpc) is 2.62. The van der Waals surface area contributed by atoms with Crippen LogP contribution in [0.4, 0.5) is 5.69 Å². The smallest absolute Gasteiger partial charge is 0.137 e. The minimum atomic E-state index is 0.453. The molecule has 0 aromatic heterocycles. The zero-order chi connectivity index (χ0) is 11.8. The molecule has 2 saturated heterocycles. The second kappa shape index (κ2) is 4.37. The third-order valence-corrected chi connectivity index (χ3v) is 4.62. The van der Waals surface area contributed by atoms with E-state index in [9.17, 15) is 4.79 Å². The maximum absolute atomic E-state index is 11.6. The third-order valence-electron chi connectivity index (χ3n) is 3.90. The number of ketones is 1. The Morgan fingerprint density at radius 3 is 2.59 bits per heavy atom. The Labute approximate surface area is 106 Å². The molecule has 2 nitrogen and oxygen atoms in total. The molecule has 0 aliphatic carbocycles. The number of carbonyl (C=O) groups excluding carboxylic acids is 1. The first kappa shape index (κ1) is 11.1. The largest absolute Gasteiger partial charge is 0.365 e. The van der Waals surface area contributed by atoms with Crippen molar-refractivity contribution in [2.24, 2.45) is 0 Å². The van der Waals surface area contributed by atoms with Gasteiger partial charge in [-0.1, -0.05) is 6.07 Å². The Morgan fingerprint density at radius 2 is 1.94 bits per heavy atom. The molecular formula is C14H17NOS. The van der Waals surface area contributed by atoms with E-state index in [1.165, 1.54) is 23.4 Å². The van der Waals surface area contributed by atoms with Gasteiger partial charge < -0.3 is 4.90 Å². The highest BCUT2D eigenvalue weighted by Gasteiger charge is 2.39. The number of fused-ring (bicyclic) bond motifs is 2. The van der Waals surface area contributed by atoms with Gasteiger partial charge >= 0.3 is 0 Å². The third kappa shape index (κ3) is 1.97. The van der Waals surface area contributed by atoms with Gasteiger partial charge in [0.1, 0.15) is 5.78 Å². The molecular weight excluding hydrogens is 230 g/mol. The van der Waals surface area contributed by atoms with Crippen LogP contribution in [-0.2, 0) is 4.79 Å². The van der Waals surface area contributed by atoms with E-state index in [-0.39, 0.29) is 0 Å². The van der Waals surface area contributed by atoms with Gasteiger partial charge in [0.15, 0.2) is 0 Å². The predicted octanol–water partition coefficient (Wildman–Crippen LogP) is 3.11. The quantitative estimate of drug-likeness (QED) is 0.749. The number of Topliss-reactive ketones (excluding diaryl/α,β-unsaturated/α-hetero) is 1. The van der Waals surface area contributed by atoms with E-state index in [0.29, 0.717) is 17.9 Å². The molecule has 2 heterocycles. The summed E-state index contributed by atoms with van der Waals surface area (Å²) in [4.78, 5) is 15.4. The van der Waals surface area contributed by atoms with E-state index in [0.717, 1.165) is 12.8 Å². The number of rotatable bonds is 2. The number of carbonyl (C=O) groups is 1. The van der Waals surface area contributed by atoms with E-state index < -0.39 is 0 Å². The van der Waals surface area contributed by atoms with Crippen molar-refractivity contribution < 1.29 is 4.79 Å². The van der Waals surface area contributed by atoms with E-state index in [1.54, 1.807) is 11.8 Å². The lowest BCUT2D eigenvalue weighted by Gasteiger charge is -2.36. The van der Waals surface area contributed by atoms with Crippen LogP contribution in [0, 0.1) is 0 Å². The van der Waals surface area contributed by atoms with Crippen LogP contribution in [0.2, 0.25) is 0 Å². The Morgan fingerprint density at radius 1 is 1.24 bits per heavy atom. The first-order valence-electron chi connectivity index (χ1n) is 6.22. The van der Waals surface area contributed by atoms with E-state index in [4.69, 9.17) is 0 Å². The molecule has 0 N–H and O–H groups in total. The maximum atomic E-state index is 11.6. The van der Waals surface area contributed by atoms with Gasteiger partial charge in [-0.3, -0.25) is 4.79 Å². The summed E-state index contributed by atoms with van der Waals surface area (Å²) in [7, 11) is 0. The number of nitrogens with zero attached hydrogens (tertiary/aromatic N) is 1. The van der Waals surface area contributed by atoms with Crippen molar-refractivity contribution >= 4 is 23.2 Å². The molecule has 90 valence electrons. The summed E-state index contributed by atoms with van der Waals surface area (Å²) >= 11 is 1.78. The van der Waals surface area contributed by atoms with Crippen LogP contribution in [0.3, 0.4) is 0 Å². The zero-order valence-corrected chi connectivity index (χ0v) is 10.9. The maximum Gasteiger partial charge on any atom is 0.137 e. The molecule has 1 aromatic rings. The number of hydrogen-bond donors (Lipinski definition) is 0. The number of thioether (sulfide) groups is 1. The minimum Gasteiger partial charge on any atom is -0.365 e. The van der Waals surface area contributed by atoms with Gasteiger partial charge in [-0.25, -0.2) is 0 Å². The summed E-state index contributed by atoms with van der Waals surface area (Å²) in [5.41, 5.74) is 1.30. The normalized spacial score (nSPS) is 27.6. The van der Waals surface area contributed by atoms with Crippen LogP contribution in [0.15, 0.2) is 29.2 Å². The van der Waals surface area contributed by atoms with Crippen molar-refractivity contribution in [3.05, 3.63) is 24.3 Å². The highest BCUT2D eigenvalue weighted by molar-refractivity contribution is 7.98. The summed E-state index contributed by atoms with van der Waals surface area (Å²) in [5, 5.41) is 0. The number of benzene rings is 1. The zero-order valence-electron chi connectivity index (χ0n) is 10.1. The predicted molar refractivity (Wildman–Crippen MR) is 71.8 cm³/mol. The molecule has 2 fully saturated rings. The standard InChI is InChI=1S/C14H17NOS/c1-17-14-4-2-3-10(9-14)15-11-5-6-12(15)8-13(16)7-11/h2-4,9,11-12H,5-8H2,1H3. The molecule has 3 heteroatoms. The van der Waals surface area contributed by atoms with Gasteiger partial charge in [-0.05, 0) is 37.3 Å². The lowest BCUT2D eigenvalue weighted by atomic mass is 10.0.